The highest BCUT2D eigenvalue weighted by Gasteiger charge is 2.63. The van der Waals surface area contributed by atoms with Gasteiger partial charge in [0, 0.05) is 19.8 Å². The van der Waals surface area contributed by atoms with Crippen LogP contribution in [0.3, 0.4) is 0 Å². The number of aryl methyl sites for hydroxylation is 1. The normalized spacial score (nSPS) is 39.7. The van der Waals surface area contributed by atoms with Crippen molar-refractivity contribution >= 4 is 22.1 Å². The molecule has 39 heavy (non-hydrogen) atoms. The molecule has 0 spiro atoms. The minimum absolute atomic E-state index is 0.0235. The van der Waals surface area contributed by atoms with Gasteiger partial charge in [0.05, 0.1) is 17.6 Å². The summed E-state index contributed by atoms with van der Waals surface area (Å²) in [5, 5.41) is 0. The molecular formula is C31H44O7S. The summed E-state index contributed by atoms with van der Waals surface area (Å²) in [5.41, 5.74) is 0.861. The van der Waals surface area contributed by atoms with Gasteiger partial charge in [-0.3, -0.25) is 13.8 Å². The van der Waals surface area contributed by atoms with Crippen molar-refractivity contribution in [3.8, 4) is 0 Å². The summed E-state index contributed by atoms with van der Waals surface area (Å²) in [6.07, 6.45) is 7.31. The predicted octanol–water partition coefficient (Wildman–Crippen LogP) is 5.83. The summed E-state index contributed by atoms with van der Waals surface area (Å²) >= 11 is 0. The van der Waals surface area contributed by atoms with Crippen LogP contribution >= 0.6 is 0 Å². The van der Waals surface area contributed by atoms with E-state index in [1.54, 1.807) is 24.3 Å². The number of esters is 2. The SMILES string of the molecule is CC(=O)OC[C@@H]1C[C@H]2[C@@H]3CC[C@H]4C[C@@H](OC(C)=O)CC[C@]4(C)[C@H]3CC[C@]2(C)[C@H]1OS(=O)(=O)c1ccc(C)cc1. The molecule has 8 heteroatoms. The Kier molecular flexibility index (Phi) is 7.68. The lowest BCUT2D eigenvalue weighted by Crippen LogP contribution is -2.55. The van der Waals surface area contributed by atoms with E-state index in [9.17, 15) is 18.0 Å². The Bertz CT molecular complexity index is 1190. The third kappa shape index (κ3) is 5.28. The molecule has 4 saturated carbocycles. The minimum Gasteiger partial charge on any atom is -0.465 e. The smallest absolute Gasteiger partial charge is 0.302 e. The van der Waals surface area contributed by atoms with Gasteiger partial charge >= 0.3 is 11.9 Å². The fourth-order valence-electron chi connectivity index (χ4n) is 9.16. The summed E-state index contributed by atoms with van der Waals surface area (Å²) in [7, 11) is -3.98. The zero-order valence-electron chi connectivity index (χ0n) is 24.0. The van der Waals surface area contributed by atoms with Gasteiger partial charge < -0.3 is 9.47 Å². The molecule has 0 unspecified atom stereocenters. The fourth-order valence-corrected chi connectivity index (χ4v) is 10.4. The molecule has 7 nitrogen and oxygen atoms in total. The second-order valence-corrected chi connectivity index (χ2v) is 14.9. The molecule has 9 atom stereocenters. The molecule has 0 saturated heterocycles. The quantitative estimate of drug-likeness (QED) is 0.319. The van der Waals surface area contributed by atoms with Gasteiger partial charge in [-0.15, -0.1) is 0 Å². The number of hydrogen-bond donors (Lipinski definition) is 0. The number of hydrogen-bond acceptors (Lipinski definition) is 7. The molecule has 0 radical (unpaired) electrons. The van der Waals surface area contributed by atoms with Gasteiger partial charge in [0.1, 0.15) is 6.10 Å². The van der Waals surface area contributed by atoms with Crippen LogP contribution in [0.25, 0.3) is 0 Å². The Hall–Kier alpha value is -1.93. The number of rotatable bonds is 6. The van der Waals surface area contributed by atoms with Crippen LogP contribution in [0.15, 0.2) is 29.2 Å². The second kappa shape index (κ2) is 10.5. The molecule has 4 aliphatic carbocycles. The average molecular weight is 561 g/mol. The molecular weight excluding hydrogens is 516 g/mol. The molecule has 216 valence electrons. The Labute approximate surface area is 233 Å². The van der Waals surface area contributed by atoms with Gasteiger partial charge in [-0.1, -0.05) is 31.5 Å². The molecule has 0 aromatic heterocycles. The van der Waals surface area contributed by atoms with Gasteiger partial charge in [0.15, 0.2) is 0 Å². The lowest BCUT2D eigenvalue weighted by molar-refractivity contribution is -0.160. The highest BCUT2D eigenvalue weighted by Crippen LogP contribution is 2.67. The Morgan fingerprint density at radius 1 is 0.897 bits per heavy atom. The van der Waals surface area contributed by atoms with E-state index in [0.717, 1.165) is 56.9 Å². The molecule has 0 bridgehead atoms. The first-order chi connectivity index (χ1) is 18.3. The molecule has 1 aromatic rings. The largest absolute Gasteiger partial charge is 0.465 e. The standard InChI is InChI=1S/C31H44O7S/c1-19-6-9-25(10-7-19)39(34,35)38-29-22(18-36-20(2)32)16-28-26-11-8-23-17-24(37-21(3)33)12-14-30(23,4)27(26)13-15-31(28,29)5/h6-7,9-10,22-24,26-29H,8,11-18H2,1-5H3/t22-,23-,24-,26+,27-,28-,29-,30-,31-/m0/s1. The second-order valence-electron chi connectivity index (χ2n) is 13.3. The highest BCUT2D eigenvalue weighted by atomic mass is 32.2. The van der Waals surface area contributed by atoms with Crippen molar-refractivity contribution in [3.05, 3.63) is 29.8 Å². The average Bonchev–Trinajstić information content (AvgIpc) is 3.14. The van der Waals surface area contributed by atoms with E-state index in [0.29, 0.717) is 23.7 Å². The Balaban J connectivity index is 1.40. The zero-order chi connectivity index (χ0) is 28.2. The van der Waals surface area contributed by atoms with E-state index in [-0.39, 0.29) is 46.3 Å². The van der Waals surface area contributed by atoms with Crippen LogP contribution in [0.4, 0.5) is 0 Å². The van der Waals surface area contributed by atoms with Gasteiger partial charge in [-0.25, -0.2) is 0 Å². The maximum absolute atomic E-state index is 13.5. The Morgan fingerprint density at radius 2 is 1.59 bits per heavy atom. The lowest BCUT2D eigenvalue weighted by Gasteiger charge is -2.60. The van der Waals surface area contributed by atoms with E-state index in [4.69, 9.17) is 13.7 Å². The number of ether oxygens (including phenoxy) is 2. The van der Waals surface area contributed by atoms with E-state index < -0.39 is 16.2 Å². The number of carbonyl (C=O) groups is 2. The molecule has 1 aromatic carbocycles. The van der Waals surface area contributed by atoms with Crippen LogP contribution in [0.2, 0.25) is 0 Å². The third-order valence-electron chi connectivity index (χ3n) is 11.1. The van der Waals surface area contributed by atoms with Crippen LogP contribution in [0.1, 0.15) is 84.6 Å². The van der Waals surface area contributed by atoms with Crippen LogP contribution in [0, 0.1) is 47.3 Å². The first kappa shape index (κ1) is 28.6. The van der Waals surface area contributed by atoms with E-state index in [2.05, 4.69) is 13.8 Å². The first-order valence-corrected chi connectivity index (χ1v) is 16.0. The molecule has 5 rings (SSSR count). The van der Waals surface area contributed by atoms with Gasteiger partial charge in [-0.05, 0) is 105 Å². The minimum atomic E-state index is -3.98. The summed E-state index contributed by atoms with van der Waals surface area (Å²) in [6, 6.07) is 6.77. The van der Waals surface area contributed by atoms with E-state index in [1.807, 2.05) is 6.92 Å². The van der Waals surface area contributed by atoms with Gasteiger partial charge in [-0.2, -0.15) is 8.42 Å². The van der Waals surface area contributed by atoms with Crippen molar-refractivity contribution in [3.63, 3.8) is 0 Å². The number of fused-ring (bicyclic) bond motifs is 5. The summed E-state index contributed by atoms with van der Waals surface area (Å²) in [4.78, 5) is 23.5. The first-order valence-electron chi connectivity index (χ1n) is 14.6. The van der Waals surface area contributed by atoms with Crippen molar-refractivity contribution in [1.82, 2.24) is 0 Å². The Morgan fingerprint density at radius 3 is 2.26 bits per heavy atom. The summed E-state index contributed by atoms with van der Waals surface area (Å²) in [5.74, 6) is 1.15. The number of carbonyl (C=O) groups excluding carboxylic acids is 2. The van der Waals surface area contributed by atoms with Crippen molar-refractivity contribution in [1.29, 1.82) is 0 Å². The van der Waals surface area contributed by atoms with Crippen LogP contribution in [-0.4, -0.2) is 39.2 Å². The van der Waals surface area contributed by atoms with Crippen molar-refractivity contribution < 1.29 is 31.7 Å². The molecule has 0 aliphatic heterocycles. The van der Waals surface area contributed by atoms with E-state index >= 15 is 0 Å². The van der Waals surface area contributed by atoms with Gasteiger partial charge in [0.25, 0.3) is 10.1 Å². The molecule has 0 amide bonds. The van der Waals surface area contributed by atoms with Crippen molar-refractivity contribution in [2.75, 3.05) is 6.61 Å². The zero-order valence-corrected chi connectivity index (χ0v) is 24.8. The lowest BCUT2D eigenvalue weighted by atomic mass is 9.45. The monoisotopic (exact) mass is 560 g/mol. The molecule has 0 heterocycles. The fraction of sp³-hybridized carbons (Fsp3) is 0.742. The maximum Gasteiger partial charge on any atom is 0.302 e. The topological polar surface area (TPSA) is 96.0 Å². The van der Waals surface area contributed by atoms with Gasteiger partial charge in [0.2, 0.25) is 0 Å². The number of benzene rings is 1. The predicted molar refractivity (Wildman–Crippen MR) is 146 cm³/mol. The van der Waals surface area contributed by atoms with Crippen LogP contribution < -0.4 is 0 Å². The summed E-state index contributed by atoms with van der Waals surface area (Å²) < 4.78 is 44.2. The van der Waals surface area contributed by atoms with E-state index in [1.165, 1.54) is 13.8 Å². The third-order valence-corrected chi connectivity index (χ3v) is 12.4. The van der Waals surface area contributed by atoms with Crippen LogP contribution in [-0.2, 0) is 33.4 Å². The summed E-state index contributed by atoms with van der Waals surface area (Å²) in [6.45, 7) is 9.65. The van der Waals surface area contributed by atoms with Crippen LogP contribution in [0.5, 0.6) is 0 Å². The van der Waals surface area contributed by atoms with Crippen molar-refractivity contribution in [2.45, 2.75) is 103 Å². The molecule has 4 aliphatic rings. The molecule has 0 N–H and O–H groups in total. The van der Waals surface area contributed by atoms with Crippen molar-refractivity contribution in [2.24, 2.45) is 40.4 Å². The molecule has 4 fully saturated rings. The highest BCUT2D eigenvalue weighted by molar-refractivity contribution is 7.86. The maximum atomic E-state index is 13.5.